The second-order valence-electron chi connectivity index (χ2n) is 8.23. The SMILES string of the molecule is CCNC(=NCc1ccc(CN(C)C(=O)OC(C)(C)C)cc1)NCc1nncn1CC.I. The van der Waals surface area contributed by atoms with Gasteiger partial charge in [0, 0.05) is 26.7 Å². The summed E-state index contributed by atoms with van der Waals surface area (Å²) in [6.07, 6.45) is 1.39. The van der Waals surface area contributed by atoms with Crippen LogP contribution in [0.1, 0.15) is 51.6 Å². The van der Waals surface area contributed by atoms with Gasteiger partial charge in [0.05, 0.1) is 13.1 Å². The number of carbonyl (C=O) groups excluding carboxylic acids is 1. The fraction of sp³-hybridized carbons (Fsp3) is 0.545. The van der Waals surface area contributed by atoms with Gasteiger partial charge in [-0.15, -0.1) is 34.2 Å². The van der Waals surface area contributed by atoms with Crippen molar-refractivity contribution in [3.05, 3.63) is 47.5 Å². The fourth-order valence-corrected chi connectivity index (χ4v) is 2.78. The van der Waals surface area contributed by atoms with Crippen molar-refractivity contribution < 1.29 is 9.53 Å². The minimum Gasteiger partial charge on any atom is -0.444 e. The summed E-state index contributed by atoms with van der Waals surface area (Å²) < 4.78 is 7.38. The Labute approximate surface area is 208 Å². The smallest absolute Gasteiger partial charge is 0.410 e. The van der Waals surface area contributed by atoms with Crippen LogP contribution >= 0.6 is 24.0 Å². The van der Waals surface area contributed by atoms with Crippen molar-refractivity contribution in [2.75, 3.05) is 13.6 Å². The molecule has 0 aliphatic carbocycles. The molecular weight excluding hydrogens is 521 g/mol. The number of benzene rings is 1. The van der Waals surface area contributed by atoms with E-state index in [1.807, 2.05) is 56.5 Å². The van der Waals surface area contributed by atoms with E-state index in [2.05, 4.69) is 32.7 Å². The normalized spacial score (nSPS) is 11.5. The second-order valence-corrected chi connectivity index (χ2v) is 8.23. The largest absolute Gasteiger partial charge is 0.444 e. The van der Waals surface area contributed by atoms with Crippen molar-refractivity contribution in [1.82, 2.24) is 30.3 Å². The Hall–Kier alpha value is -2.37. The Balaban J connectivity index is 0.00000512. The van der Waals surface area contributed by atoms with Gasteiger partial charge in [0.2, 0.25) is 0 Å². The molecule has 0 aliphatic heterocycles. The molecule has 9 nitrogen and oxygen atoms in total. The number of rotatable bonds is 8. The molecule has 0 atom stereocenters. The predicted molar refractivity (Wildman–Crippen MR) is 137 cm³/mol. The zero-order valence-electron chi connectivity index (χ0n) is 19.9. The first-order valence-electron chi connectivity index (χ1n) is 10.6. The van der Waals surface area contributed by atoms with Gasteiger partial charge in [0.1, 0.15) is 11.9 Å². The number of nitrogens with one attached hydrogen (secondary N) is 2. The fourth-order valence-electron chi connectivity index (χ4n) is 2.78. The average Bonchev–Trinajstić information content (AvgIpc) is 3.17. The van der Waals surface area contributed by atoms with E-state index in [0.717, 1.165) is 36.0 Å². The van der Waals surface area contributed by atoms with Crippen LogP contribution in [0.25, 0.3) is 0 Å². The molecule has 1 heterocycles. The molecule has 0 aliphatic rings. The van der Waals surface area contributed by atoms with Gasteiger partial charge in [-0.3, -0.25) is 0 Å². The number of aromatic nitrogens is 3. The first kappa shape index (κ1) is 27.7. The molecule has 1 amide bonds. The van der Waals surface area contributed by atoms with E-state index in [4.69, 9.17) is 4.74 Å². The molecule has 10 heteroatoms. The van der Waals surface area contributed by atoms with Crippen LogP contribution in [0.4, 0.5) is 4.79 Å². The van der Waals surface area contributed by atoms with Gasteiger partial charge in [0.15, 0.2) is 11.8 Å². The lowest BCUT2D eigenvalue weighted by molar-refractivity contribution is 0.0285. The second kappa shape index (κ2) is 13.2. The lowest BCUT2D eigenvalue weighted by atomic mass is 10.1. The molecule has 0 bridgehead atoms. The highest BCUT2D eigenvalue weighted by Crippen LogP contribution is 2.12. The van der Waals surface area contributed by atoms with Crippen molar-refractivity contribution in [3.8, 4) is 0 Å². The van der Waals surface area contributed by atoms with Crippen LogP contribution in [0.5, 0.6) is 0 Å². The Bertz CT molecular complexity index is 860. The third-order valence-electron chi connectivity index (χ3n) is 4.36. The van der Waals surface area contributed by atoms with Gasteiger partial charge < -0.3 is 24.8 Å². The van der Waals surface area contributed by atoms with E-state index < -0.39 is 5.60 Å². The molecule has 1 aromatic heterocycles. The predicted octanol–water partition coefficient (Wildman–Crippen LogP) is 3.54. The molecule has 0 radical (unpaired) electrons. The number of halogens is 1. The zero-order chi connectivity index (χ0) is 22.9. The number of hydrogen-bond acceptors (Lipinski definition) is 5. The van der Waals surface area contributed by atoms with Gasteiger partial charge >= 0.3 is 6.09 Å². The Kier molecular flexibility index (Phi) is 11.4. The molecule has 0 saturated carbocycles. The van der Waals surface area contributed by atoms with Crippen LogP contribution in [0.2, 0.25) is 0 Å². The van der Waals surface area contributed by atoms with Crippen LogP contribution in [0.15, 0.2) is 35.6 Å². The summed E-state index contributed by atoms with van der Waals surface area (Å²) in [5, 5.41) is 14.6. The lowest BCUT2D eigenvalue weighted by Crippen LogP contribution is -2.37. The highest BCUT2D eigenvalue weighted by Gasteiger charge is 2.19. The van der Waals surface area contributed by atoms with Crippen molar-refractivity contribution >= 4 is 36.0 Å². The van der Waals surface area contributed by atoms with Crippen molar-refractivity contribution in [1.29, 1.82) is 0 Å². The van der Waals surface area contributed by atoms with Gasteiger partial charge in [-0.2, -0.15) is 0 Å². The summed E-state index contributed by atoms with van der Waals surface area (Å²) in [5.41, 5.74) is 1.61. The maximum atomic E-state index is 12.1. The highest BCUT2D eigenvalue weighted by atomic mass is 127. The standard InChI is InChI=1S/C22H35N7O2.HI/c1-7-23-20(25-14-19-27-26-16-29(19)8-2)24-13-17-9-11-18(12-10-17)15-28(6)21(30)31-22(3,4)5;/h9-12,16H,7-8,13-15H2,1-6H3,(H2,23,24,25);1H. The molecule has 0 fully saturated rings. The first-order valence-corrected chi connectivity index (χ1v) is 10.6. The van der Waals surface area contributed by atoms with E-state index in [1.165, 1.54) is 0 Å². The highest BCUT2D eigenvalue weighted by molar-refractivity contribution is 14.0. The monoisotopic (exact) mass is 557 g/mol. The summed E-state index contributed by atoms with van der Waals surface area (Å²) in [6.45, 7) is 12.8. The number of guanidine groups is 1. The van der Waals surface area contributed by atoms with E-state index in [0.29, 0.717) is 19.6 Å². The Morgan fingerprint density at radius 1 is 1.16 bits per heavy atom. The summed E-state index contributed by atoms with van der Waals surface area (Å²) in [4.78, 5) is 18.3. The van der Waals surface area contributed by atoms with Gasteiger partial charge in [0.25, 0.3) is 0 Å². The number of aliphatic imine (C=N–C) groups is 1. The minimum atomic E-state index is -0.502. The molecule has 178 valence electrons. The third kappa shape index (κ3) is 9.41. The molecule has 0 unspecified atom stereocenters. The Morgan fingerprint density at radius 2 is 1.81 bits per heavy atom. The van der Waals surface area contributed by atoms with E-state index in [1.54, 1.807) is 18.3 Å². The summed E-state index contributed by atoms with van der Waals surface area (Å²) in [7, 11) is 1.74. The van der Waals surface area contributed by atoms with Gasteiger partial charge in [-0.25, -0.2) is 9.79 Å². The number of nitrogens with zero attached hydrogens (tertiary/aromatic N) is 5. The molecule has 0 spiro atoms. The quantitative estimate of drug-likeness (QED) is 0.293. The van der Waals surface area contributed by atoms with E-state index in [9.17, 15) is 4.79 Å². The lowest BCUT2D eigenvalue weighted by Gasteiger charge is -2.24. The number of aryl methyl sites for hydroxylation is 1. The van der Waals surface area contributed by atoms with E-state index >= 15 is 0 Å². The summed E-state index contributed by atoms with van der Waals surface area (Å²) in [5.74, 6) is 1.59. The van der Waals surface area contributed by atoms with Crippen LogP contribution in [-0.4, -0.2) is 50.9 Å². The van der Waals surface area contributed by atoms with Crippen LogP contribution in [-0.2, 0) is 30.9 Å². The molecule has 1 aromatic carbocycles. The third-order valence-corrected chi connectivity index (χ3v) is 4.36. The molecule has 2 aromatic rings. The minimum absolute atomic E-state index is 0. The van der Waals surface area contributed by atoms with Crippen molar-refractivity contribution in [2.24, 2.45) is 4.99 Å². The first-order chi connectivity index (χ1) is 14.7. The molecule has 32 heavy (non-hydrogen) atoms. The summed E-state index contributed by atoms with van der Waals surface area (Å²) in [6, 6.07) is 8.07. The maximum Gasteiger partial charge on any atom is 0.410 e. The molecular formula is C22H36IN7O2. The topological polar surface area (TPSA) is 96.7 Å². The molecule has 2 rings (SSSR count). The number of ether oxygens (including phenoxy) is 1. The number of carbonyl (C=O) groups is 1. The van der Waals surface area contributed by atoms with E-state index in [-0.39, 0.29) is 30.1 Å². The van der Waals surface area contributed by atoms with Gasteiger partial charge in [-0.1, -0.05) is 24.3 Å². The van der Waals surface area contributed by atoms with Gasteiger partial charge in [-0.05, 0) is 45.7 Å². The number of amides is 1. The Morgan fingerprint density at radius 3 is 2.41 bits per heavy atom. The summed E-state index contributed by atoms with van der Waals surface area (Å²) >= 11 is 0. The van der Waals surface area contributed by atoms with Crippen LogP contribution < -0.4 is 10.6 Å². The maximum absolute atomic E-state index is 12.1. The van der Waals surface area contributed by atoms with Crippen molar-refractivity contribution in [3.63, 3.8) is 0 Å². The van der Waals surface area contributed by atoms with Crippen molar-refractivity contribution in [2.45, 2.75) is 66.4 Å². The van der Waals surface area contributed by atoms with Crippen LogP contribution in [0.3, 0.4) is 0 Å². The zero-order valence-corrected chi connectivity index (χ0v) is 22.2. The molecule has 0 saturated heterocycles. The van der Waals surface area contributed by atoms with Crippen LogP contribution in [0, 0.1) is 0 Å². The molecule has 2 N–H and O–H groups in total. The average molecular weight is 557 g/mol. The number of hydrogen-bond donors (Lipinski definition) is 2.